The van der Waals surface area contributed by atoms with Crippen molar-refractivity contribution >= 4 is 51.6 Å². The second-order valence-electron chi connectivity index (χ2n) is 9.00. The third kappa shape index (κ3) is 7.13. The molecule has 2 amide bonds. The lowest BCUT2D eigenvalue weighted by atomic mass is 9.96. The molecule has 10 heteroatoms. The van der Waals surface area contributed by atoms with Crippen molar-refractivity contribution in [3.63, 3.8) is 0 Å². The van der Waals surface area contributed by atoms with E-state index in [1.54, 1.807) is 24.3 Å². The number of rotatable bonds is 9. The minimum Gasteiger partial charge on any atom is -0.493 e. The zero-order valence-corrected chi connectivity index (χ0v) is 23.9. The Hall–Kier alpha value is -3.50. The number of fused-ring (bicyclic) bond motifs is 1. The molecule has 4 rings (SSSR count). The van der Waals surface area contributed by atoms with Crippen molar-refractivity contribution in [2.45, 2.75) is 43.4 Å². The van der Waals surface area contributed by atoms with Crippen LogP contribution in [0.2, 0.25) is 0 Å². The SMILES string of the molecule is COC(=O)c1c(NC(=O)CSc2cccc(NC(=O)c3ccc(OC)c(OC)c3)c2)sc2c1CCCCCC2. The molecular weight excluding hydrogens is 536 g/mol. The Morgan fingerprint density at radius 1 is 0.897 bits per heavy atom. The standard InChI is InChI=1S/C29H32N2O6S2/c1-35-22-14-13-18(15-23(22)36-2)27(33)30-19-9-8-10-20(16-19)38-17-25(32)31-28-26(29(34)37-3)21-11-6-4-5-7-12-24(21)39-28/h8-10,13-16H,4-7,11-12,17H2,1-3H3,(H,30,33)(H,31,32). The summed E-state index contributed by atoms with van der Waals surface area (Å²) in [6, 6.07) is 12.2. The summed E-state index contributed by atoms with van der Waals surface area (Å²) in [5, 5.41) is 6.39. The minimum atomic E-state index is -0.408. The first kappa shape index (κ1) is 28.5. The normalized spacial score (nSPS) is 12.9. The van der Waals surface area contributed by atoms with E-state index in [0.29, 0.717) is 33.3 Å². The molecule has 0 spiro atoms. The molecule has 206 valence electrons. The summed E-state index contributed by atoms with van der Waals surface area (Å²) in [4.78, 5) is 40.3. The van der Waals surface area contributed by atoms with Gasteiger partial charge in [0, 0.05) is 21.0 Å². The average molecular weight is 569 g/mol. The van der Waals surface area contributed by atoms with Crippen LogP contribution in [-0.4, -0.2) is 44.9 Å². The Bertz CT molecular complexity index is 1350. The van der Waals surface area contributed by atoms with Gasteiger partial charge in [-0.1, -0.05) is 18.9 Å². The molecule has 8 nitrogen and oxygen atoms in total. The monoisotopic (exact) mass is 568 g/mol. The Balaban J connectivity index is 1.40. The van der Waals surface area contributed by atoms with Crippen molar-refractivity contribution in [2.24, 2.45) is 0 Å². The van der Waals surface area contributed by atoms with E-state index in [1.807, 2.05) is 18.2 Å². The van der Waals surface area contributed by atoms with E-state index in [0.717, 1.165) is 47.4 Å². The van der Waals surface area contributed by atoms with Gasteiger partial charge in [0.1, 0.15) is 5.00 Å². The van der Waals surface area contributed by atoms with Crippen molar-refractivity contribution in [1.82, 2.24) is 0 Å². The van der Waals surface area contributed by atoms with Crippen LogP contribution in [0.4, 0.5) is 10.7 Å². The van der Waals surface area contributed by atoms with Crippen LogP contribution in [0.15, 0.2) is 47.4 Å². The molecule has 1 aromatic heterocycles. The molecule has 39 heavy (non-hydrogen) atoms. The molecule has 0 unspecified atom stereocenters. The van der Waals surface area contributed by atoms with Gasteiger partial charge in [-0.2, -0.15) is 0 Å². The molecule has 0 aliphatic heterocycles. The summed E-state index contributed by atoms with van der Waals surface area (Å²) in [6.45, 7) is 0. The number of carbonyl (C=O) groups is 3. The Kier molecular flexibility index (Phi) is 9.89. The molecule has 1 heterocycles. The van der Waals surface area contributed by atoms with Crippen molar-refractivity contribution in [2.75, 3.05) is 37.7 Å². The summed E-state index contributed by atoms with van der Waals surface area (Å²) in [5.74, 6) is 0.246. The van der Waals surface area contributed by atoms with Crippen molar-refractivity contribution in [1.29, 1.82) is 0 Å². The summed E-state index contributed by atoms with van der Waals surface area (Å²) in [7, 11) is 4.42. The summed E-state index contributed by atoms with van der Waals surface area (Å²) in [5.41, 5.74) is 2.55. The van der Waals surface area contributed by atoms with Crippen LogP contribution in [0.1, 0.15) is 56.8 Å². The fraction of sp³-hybridized carbons (Fsp3) is 0.345. The maximum Gasteiger partial charge on any atom is 0.341 e. The molecule has 0 atom stereocenters. The number of anilines is 2. The predicted molar refractivity (Wildman–Crippen MR) is 155 cm³/mol. The number of hydrogen-bond donors (Lipinski definition) is 2. The summed E-state index contributed by atoms with van der Waals surface area (Å²) in [6.07, 6.45) is 6.16. The van der Waals surface area contributed by atoms with E-state index in [4.69, 9.17) is 14.2 Å². The number of esters is 1. The highest BCUT2D eigenvalue weighted by Crippen LogP contribution is 2.38. The van der Waals surface area contributed by atoms with E-state index < -0.39 is 5.97 Å². The molecule has 0 bridgehead atoms. The number of ether oxygens (including phenoxy) is 3. The van der Waals surface area contributed by atoms with Gasteiger partial charge >= 0.3 is 5.97 Å². The quantitative estimate of drug-likeness (QED) is 0.234. The first-order chi connectivity index (χ1) is 18.9. The number of carbonyl (C=O) groups excluding carboxylic acids is 3. The smallest absolute Gasteiger partial charge is 0.341 e. The van der Waals surface area contributed by atoms with Gasteiger partial charge in [0.25, 0.3) is 5.91 Å². The lowest BCUT2D eigenvalue weighted by Gasteiger charge is -2.11. The average Bonchev–Trinajstić information content (AvgIpc) is 3.26. The molecule has 0 saturated carbocycles. The second kappa shape index (κ2) is 13.5. The van der Waals surface area contributed by atoms with Crippen LogP contribution in [0.25, 0.3) is 0 Å². The van der Waals surface area contributed by atoms with Gasteiger partial charge in [0.2, 0.25) is 5.91 Å². The molecule has 1 aliphatic carbocycles. The van der Waals surface area contributed by atoms with Crippen LogP contribution in [0.3, 0.4) is 0 Å². The van der Waals surface area contributed by atoms with E-state index >= 15 is 0 Å². The molecule has 1 aliphatic rings. The largest absolute Gasteiger partial charge is 0.493 e. The first-order valence-corrected chi connectivity index (χ1v) is 14.5. The highest BCUT2D eigenvalue weighted by atomic mass is 32.2. The minimum absolute atomic E-state index is 0.149. The van der Waals surface area contributed by atoms with Crippen LogP contribution >= 0.6 is 23.1 Å². The van der Waals surface area contributed by atoms with E-state index in [9.17, 15) is 14.4 Å². The molecule has 2 aromatic carbocycles. The molecule has 0 fully saturated rings. The Morgan fingerprint density at radius 2 is 1.67 bits per heavy atom. The van der Waals surface area contributed by atoms with E-state index in [-0.39, 0.29) is 17.6 Å². The highest BCUT2D eigenvalue weighted by molar-refractivity contribution is 8.00. The molecular formula is C29H32N2O6S2. The molecule has 2 N–H and O–H groups in total. The van der Waals surface area contributed by atoms with Crippen LogP contribution in [-0.2, 0) is 22.4 Å². The van der Waals surface area contributed by atoms with Gasteiger partial charge < -0.3 is 24.8 Å². The van der Waals surface area contributed by atoms with Gasteiger partial charge in [-0.3, -0.25) is 9.59 Å². The second-order valence-corrected chi connectivity index (χ2v) is 11.2. The number of thiophene rings is 1. The lowest BCUT2D eigenvalue weighted by Crippen LogP contribution is -2.16. The van der Waals surface area contributed by atoms with Gasteiger partial charge in [-0.05, 0) is 67.6 Å². The van der Waals surface area contributed by atoms with E-state index in [2.05, 4.69) is 10.6 Å². The van der Waals surface area contributed by atoms with Gasteiger partial charge in [-0.25, -0.2) is 4.79 Å². The van der Waals surface area contributed by atoms with E-state index in [1.165, 1.54) is 50.8 Å². The zero-order chi connectivity index (χ0) is 27.8. The summed E-state index contributed by atoms with van der Waals surface area (Å²) >= 11 is 2.83. The predicted octanol–water partition coefficient (Wildman–Crippen LogP) is 6.19. The lowest BCUT2D eigenvalue weighted by molar-refractivity contribution is -0.113. The molecule has 0 radical (unpaired) electrons. The third-order valence-corrected chi connectivity index (χ3v) is 8.62. The van der Waals surface area contributed by atoms with Crippen molar-refractivity contribution in [3.8, 4) is 11.5 Å². The van der Waals surface area contributed by atoms with Gasteiger partial charge in [0.05, 0.1) is 32.6 Å². The number of nitrogens with one attached hydrogen (secondary N) is 2. The molecule has 3 aromatic rings. The number of hydrogen-bond acceptors (Lipinski definition) is 8. The topological polar surface area (TPSA) is 103 Å². The Morgan fingerprint density at radius 3 is 2.41 bits per heavy atom. The fourth-order valence-corrected chi connectivity index (χ4v) is 6.53. The van der Waals surface area contributed by atoms with Crippen molar-refractivity contribution < 1.29 is 28.6 Å². The number of benzene rings is 2. The van der Waals surface area contributed by atoms with Gasteiger partial charge in [0.15, 0.2) is 11.5 Å². The van der Waals surface area contributed by atoms with Crippen LogP contribution in [0.5, 0.6) is 11.5 Å². The van der Waals surface area contributed by atoms with Crippen LogP contribution in [0, 0.1) is 0 Å². The Labute approximate surface area is 236 Å². The number of amides is 2. The van der Waals surface area contributed by atoms with Crippen molar-refractivity contribution in [3.05, 3.63) is 64.0 Å². The maximum atomic E-state index is 12.9. The van der Waals surface area contributed by atoms with Gasteiger partial charge in [-0.15, -0.1) is 23.1 Å². The summed E-state index contributed by atoms with van der Waals surface area (Å²) < 4.78 is 15.6. The zero-order valence-electron chi connectivity index (χ0n) is 22.3. The molecule has 0 saturated heterocycles. The number of aryl methyl sites for hydroxylation is 1. The third-order valence-electron chi connectivity index (χ3n) is 6.42. The number of methoxy groups -OCH3 is 3. The maximum absolute atomic E-state index is 12.9. The fourth-order valence-electron chi connectivity index (χ4n) is 4.48. The number of thioether (sulfide) groups is 1. The first-order valence-electron chi connectivity index (χ1n) is 12.7. The van der Waals surface area contributed by atoms with Crippen LogP contribution < -0.4 is 20.1 Å². The highest BCUT2D eigenvalue weighted by Gasteiger charge is 2.26.